The van der Waals surface area contributed by atoms with E-state index in [0.29, 0.717) is 17.4 Å². The molecule has 102 valence electrons. The minimum Gasteiger partial charge on any atom is -0.350 e. The van der Waals surface area contributed by atoms with Crippen molar-refractivity contribution in [3.8, 4) is 0 Å². The summed E-state index contributed by atoms with van der Waals surface area (Å²) in [5, 5.41) is 0. The Kier molecular flexibility index (Phi) is 4.84. The summed E-state index contributed by atoms with van der Waals surface area (Å²) in [4.78, 5) is 0. The van der Waals surface area contributed by atoms with Gasteiger partial charge in [-0.2, -0.15) is 0 Å². The molecule has 0 saturated carbocycles. The van der Waals surface area contributed by atoms with Crippen molar-refractivity contribution in [1.82, 2.24) is 0 Å². The van der Waals surface area contributed by atoms with E-state index in [9.17, 15) is 0 Å². The topological polar surface area (TPSA) is 21.8 Å². The highest BCUT2D eigenvalue weighted by molar-refractivity contribution is 6.76. The first-order valence-electron chi connectivity index (χ1n) is 6.88. The van der Waals surface area contributed by atoms with Gasteiger partial charge in [0.05, 0.1) is 0 Å². The fraction of sp³-hybridized carbons (Fsp3) is 1.00. The first-order valence-corrected chi connectivity index (χ1v) is 10.6. The molecule has 1 saturated heterocycles. The van der Waals surface area contributed by atoms with Crippen LogP contribution in [-0.4, -0.2) is 27.1 Å². The maximum absolute atomic E-state index is 5.78. The molecule has 1 aliphatic rings. The maximum Gasteiger partial charge on any atom is 0.184 e. The third-order valence-corrected chi connectivity index (χ3v) is 5.55. The highest BCUT2D eigenvalue weighted by Gasteiger charge is 2.47. The third-order valence-electron chi connectivity index (χ3n) is 3.69. The van der Waals surface area contributed by atoms with Gasteiger partial charge in [-0.1, -0.05) is 53.4 Å². The fourth-order valence-electron chi connectivity index (χ4n) is 1.89. The second-order valence-electron chi connectivity index (χ2n) is 7.66. The van der Waals surface area contributed by atoms with Crippen molar-refractivity contribution in [2.24, 2.45) is 11.3 Å². The Labute approximate surface area is 108 Å². The molecule has 1 aliphatic heterocycles. The lowest BCUT2D eigenvalue weighted by Gasteiger charge is -2.25. The number of hydrogen-bond acceptors (Lipinski definition) is 2. The van der Waals surface area contributed by atoms with Gasteiger partial charge in [0, 0.05) is 14.7 Å². The van der Waals surface area contributed by atoms with Crippen molar-refractivity contribution in [3.05, 3.63) is 0 Å². The summed E-state index contributed by atoms with van der Waals surface area (Å²) in [6.45, 7) is 17.1. The zero-order valence-corrected chi connectivity index (χ0v) is 13.7. The van der Waals surface area contributed by atoms with Crippen LogP contribution in [0.25, 0.3) is 0 Å². The first kappa shape index (κ1) is 15.2. The van der Waals surface area contributed by atoms with Gasteiger partial charge in [-0.25, -0.2) is 0 Å². The summed E-state index contributed by atoms with van der Waals surface area (Å²) in [6, 6.07) is 1.35. The highest BCUT2D eigenvalue weighted by atomic mass is 28.3. The van der Waals surface area contributed by atoms with E-state index in [2.05, 4.69) is 47.3 Å². The molecule has 0 aromatic rings. The van der Waals surface area contributed by atoms with Crippen LogP contribution in [0.4, 0.5) is 0 Å². The van der Waals surface area contributed by atoms with Gasteiger partial charge in [0.25, 0.3) is 0 Å². The Bertz CT molecular complexity index is 240. The average molecular weight is 258 g/mol. The molecule has 0 aliphatic carbocycles. The van der Waals surface area contributed by atoms with Crippen molar-refractivity contribution < 1.29 is 9.47 Å². The molecule has 0 amide bonds. The van der Waals surface area contributed by atoms with Crippen LogP contribution >= 0.6 is 0 Å². The largest absolute Gasteiger partial charge is 0.350 e. The quantitative estimate of drug-likeness (QED) is 0.406. The van der Waals surface area contributed by atoms with Crippen molar-refractivity contribution in [3.63, 3.8) is 0 Å². The molecule has 17 heavy (non-hydrogen) atoms. The molecule has 1 rings (SSSR count). The zero-order valence-electron chi connectivity index (χ0n) is 12.7. The lowest BCUT2D eigenvalue weighted by molar-refractivity contribution is 0.0505. The maximum atomic E-state index is 5.78. The van der Waals surface area contributed by atoms with Gasteiger partial charge in [0.2, 0.25) is 0 Å². The average Bonchev–Trinajstić information content (AvgIpc) is 2.87. The van der Waals surface area contributed by atoms with Crippen molar-refractivity contribution in [2.45, 2.75) is 72.2 Å². The summed E-state index contributed by atoms with van der Waals surface area (Å²) in [6.07, 6.45) is 1.58. The molecular formula is C14H30O2Si. The lowest BCUT2D eigenvalue weighted by Crippen LogP contribution is -2.24. The van der Waals surface area contributed by atoms with Crippen molar-refractivity contribution >= 4 is 8.07 Å². The molecule has 1 fully saturated rings. The van der Waals surface area contributed by atoms with Crippen LogP contribution in [0, 0.1) is 11.3 Å². The molecule has 0 spiro atoms. The van der Waals surface area contributed by atoms with Crippen molar-refractivity contribution in [1.29, 1.82) is 0 Å². The molecule has 0 aromatic heterocycles. The van der Waals surface area contributed by atoms with Gasteiger partial charge in [0.15, 0.2) is 6.29 Å². The molecule has 3 atom stereocenters. The standard InChI is InChI=1S/C14H30O2Si/c1-11(14(2,3)4)12-13(16-12)15-9-8-10-17(5,6)7/h11-13H,8-10H2,1-7H3. The van der Waals surface area contributed by atoms with E-state index in [1.807, 2.05) is 0 Å². The minimum atomic E-state index is -0.898. The Morgan fingerprint density at radius 3 is 2.29 bits per heavy atom. The summed E-state index contributed by atoms with van der Waals surface area (Å²) in [5.41, 5.74) is 0.307. The Morgan fingerprint density at radius 2 is 1.82 bits per heavy atom. The molecule has 2 nitrogen and oxygen atoms in total. The van der Waals surface area contributed by atoms with Gasteiger partial charge < -0.3 is 9.47 Å². The molecule has 0 N–H and O–H groups in total. The first-order chi connectivity index (χ1) is 7.61. The molecule has 0 radical (unpaired) electrons. The predicted octanol–water partition coefficient (Wildman–Crippen LogP) is 4.14. The molecular weight excluding hydrogens is 228 g/mol. The lowest BCUT2D eigenvalue weighted by atomic mass is 9.80. The van der Waals surface area contributed by atoms with E-state index in [4.69, 9.17) is 9.47 Å². The predicted molar refractivity (Wildman–Crippen MR) is 76.0 cm³/mol. The molecule has 3 unspecified atom stereocenters. The minimum absolute atomic E-state index is 0.0749. The van der Waals surface area contributed by atoms with E-state index >= 15 is 0 Å². The number of ether oxygens (including phenoxy) is 2. The van der Waals surface area contributed by atoms with Crippen LogP contribution < -0.4 is 0 Å². The van der Waals surface area contributed by atoms with Gasteiger partial charge in [-0.3, -0.25) is 0 Å². The smallest absolute Gasteiger partial charge is 0.184 e. The molecule has 0 aromatic carbocycles. The summed E-state index contributed by atoms with van der Waals surface area (Å²) < 4.78 is 11.4. The Balaban J connectivity index is 2.13. The highest BCUT2D eigenvalue weighted by Crippen LogP contribution is 2.40. The van der Waals surface area contributed by atoms with Crippen LogP contribution in [0.1, 0.15) is 34.1 Å². The van der Waals surface area contributed by atoms with Crippen LogP contribution in [0.5, 0.6) is 0 Å². The van der Waals surface area contributed by atoms with Crippen LogP contribution in [-0.2, 0) is 9.47 Å². The van der Waals surface area contributed by atoms with E-state index < -0.39 is 8.07 Å². The van der Waals surface area contributed by atoms with E-state index in [0.717, 1.165) is 6.61 Å². The second kappa shape index (κ2) is 5.41. The van der Waals surface area contributed by atoms with Crippen LogP contribution in [0.3, 0.4) is 0 Å². The van der Waals surface area contributed by atoms with Crippen LogP contribution in [0.2, 0.25) is 25.7 Å². The molecule has 0 bridgehead atoms. The SMILES string of the molecule is CC(C1OC1OCCC[Si](C)(C)C)C(C)(C)C. The number of hydrogen-bond donors (Lipinski definition) is 0. The molecule has 3 heteroatoms. The summed E-state index contributed by atoms with van der Waals surface area (Å²) >= 11 is 0. The Hall–Kier alpha value is 0.137. The number of epoxide rings is 1. The third kappa shape index (κ3) is 5.54. The van der Waals surface area contributed by atoms with Gasteiger partial charge in [-0.15, -0.1) is 0 Å². The number of rotatable bonds is 6. The monoisotopic (exact) mass is 258 g/mol. The zero-order chi connectivity index (χ0) is 13.3. The van der Waals surface area contributed by atoms with E-state index in [-0.39, 0.29) is 6.29 Å². The second-order valence-corrected chi connectivity index (χ2v) is 13.3. The van der Waals surface area contributed by atoms with Gasteiger partial charge >= 0.3 is 0 Å². The normalized spacial score (nSPS) is 27.0. The molecule has 1 heterocycles. The summed E-state index contributed by atoms with van der Waals surface area (Å²) in [5.74, 6) is 0.560. The Morgan fingerprint density at radius 1 is 1.24 bits per heavy atom. The van der Waals surface area contributed by atoms with Crippen molar-refractivity contribution in [2.75, 3.05) is 6.61 Å². The van der Waals surface area contributed by atoms with E-state index in [1.54, 1.807) is 0 Å². The van der Waals surface area contributed by atoms with Gasteiger partial charge in [-0.05, 0) is 17.8 Å². The van der Waals surface area contributed by atoms with Gasteiger partial charge in [0.1, 0.15) is 6.10 Å². The van der Waals surface area contributed by atoms with E-state index in [1.165, 1.54) is 12.5 Å². The fourth-order valence-corrected chi connectivity index (χ4v) is 3.10. The summed E-state index contributed by atoms with van der Waals surface area (Å²) in [7, 11) is -0.898. The van der Waals surface area contributed by atoms with Crippen LogP contribution in [0.15, 0.2) is 0 Å².